The van der Waals surface area contributed by atoms with Crippen LogP contribution in [0.4, 0.5) is 0 Å². The van der Waals surface area contributed by atoms with Crippen molar-refractivity contribution < 1.29 is 32.9 Å². The fourth-order valence-electron chi connectivity index (χ4n) is 7.57. The lowest BCUT2D eigenvalue weighted by molar-refractivity contribution is -0.870. The number of quaternary nitrogens is 1. The molecule has 60 heavy (non-hydrogen) atoms. The second-order valence-electron chi connectivity index (χ2n) is 18.9. The summed E-state index contributed by atoms with van der Waals surface area (Å²) in [6, 6.07) is -0.848. The lowest BCUT2D eigenvalue weighted by Crippen LogP contribution is -2.45. The van der Waals surface area contributed by atoms with Gasteiger partial charge in [0.05, 0.1) is 39.9 Å². The van der Waals surface area contributed by atoms with Crippen molar-refractivity contribution in [2.24, 2.45) is 0 Å². The van der Waals surface area contributed by atoms with E-state index in [0.29, 0.717) is 17.4 Å². The number of hydrogen-bond acceptors (Lipinski definition) is 5. The molecule has 0 saturated heterocycles. The average Bonchev–Trinajstić information content (AvgIpc) is 3.20. The summed E-state index contributed by atoms with van der Waals surface area (Å²) in [6.07, 6.45) is 52.6. The number of allylic oxidation sites excluding steroid dienone is 3. The molecule has 0 spiro atoms. The summed E-state index contributed by atoms with van der Waals surface area (Å²) >= 11 is 0. The minimum absolute atomic E-state index is 0.0613. The molecule has 0 aliphatic rings. The first-order chi connectivity index (χ1) is 29.0. The first kappa shape index (κ1) is 59.0. The first-order valence-corrected chi connectivity index (χ1v) is 27.2. The Bertz CT molecular complexity index is 1030. The highest BCUT2D eigenvalue weighted by atomic mass is 31.2. The minimum Gasteiger partial charge on any atom is -0.387 e. The second kappa shape index (κ2) is 43.2. The molecule has 0 fully saturated rings. The fourth-order valence-corrected chi connectivity index (χ4v) is 8.30. The highest BCUT2D eigenvalue weighted by Crippen LogP contribution is 2.43. The first-order valence-electron chi connectivity index (χ1n) is 25.7. The van der Waals surface area contributed by atoms with Crippen LogP contribution in [0, 0.1) is 0 Å². The number of nitrogens with one attached hydrogen (secondary N) is 1. The topological polar surface area (TPSA) is 105 Å². The number of carbonyl (C=O) groups is 1. The molecule has 3 N–H and O–H groups in total. The number of rotatable bonds is 47. The van der Waals surface area contributed by atoms with Crippen molar-refractivity contribution in [2.45, 2.75) is 257 Å². The minimum atomic E-state index is -4.34. The lowest BCUT2D eigenvalue weighted by Gasteiger charge is -2.25. The number of unbranched alkanes of at least 4 members (excludes halogenated alkanes) is 32. The lowest BCUT2D eigenvalue weighted by atomic mass is 10.0. The smallest absolute Gasteiger partial charge is 0.387 e. The van der Waals surface area contributed by atoms with Crippen molar-refractivity contribution in [3.05, 3.63) is 24.3 Å². The second-order valence-corrected chi connectivity index (χ2v) is 20.4. The molecule has 0 aromatic heterocycles. The molecule has 0 bridgehead atoms. The monoisotopic (exact) mass is 870 g/mol. The summed E-state index contributed by atoms with van der Waals surface area (Å²) in [7, 11) is 1.57. The van der Waals surface area contributed by atoms with E-state index in [9.17, 15) is 19.4 Å². The van der Waals surface area contributed by atoms with Crippen LogP contribution >= 0.6 is 7.82 Å². The van der Waals surface area contributed by atoms with E-state index in [1.54, 1.807) is 6.08 Å². The van der Waals surface area contributed by atoms with Crippen LogP contribution in [0.25, 0.3) is 0 Å². The Morgan fingerprint density at radius 3 is 1.28 bits per heavy atom. The van der Waals surface area contributed by atoms with Crippen LogP contribution in [0.3, 0.4) is 0 Å². The zero-order valence-electron chi connectivity index (χ0n) is 40.5. The number of nitrogens with zero attached hydrogens (tertiary/aromatic N) is 1. The maximum absolute atomic E-state index is 12.9. The van der Waals surface area contributed by atoms with Crippen molar-refractivity contribution in [3.63, 3.8) is 0 Å². The van der Waals surface area contributed by atoms with E-state index in [4.69, 9.17) is 9.05 Å². The number of phosphoric acid groups is 1. The summed E-state index contributed by atoms with van der Waals surface area (Å²) < 4.78 is 23.6. The van der Waals surface area contributed by atoms with Gasteiger partial charge in [-0.3, -0.25) is 13.8 Å². The van der Waals surface area contributed by atoms with Gasteiger partial charge in [0.15, 0.2) is 0 Å². The zero-order valence-corrected chi connectivity index (χ0v) is 41.4. The van der Waals surface area contributed by atoms with E-state index in [-0.39, 0.29) is 19.1 Å². The molecule has 9 heteroatoms. The summed E-state index contributed by atoms with van der Waals surface area (Å²) in [5, 5.41) is 13.9. The Morgan fingerprint density at radius 2 is 0.900 bits per heavy atom. The van der Waals surface area contributed by atoms with Crippen molar-refractivity contribution in [3.8, 4) is 0 Å². The van der Waals surface area contributed by atoms with Crippen molar-refractivity contribution in [2.75, 3.05) is 40.9 Å². The quantitative estimate of drug-likeness (QED) is 0.0243. The molecule has 0 aliphatic carbocycles. The number of phosphoric ester groups is 1. The van der Waals surface area contributed by atoms with Gasteiger partial charge in [-0.15, -0.1) is 0 Å². The highest BCUT2D eigenvalue weighted by molar-refractivity contribution is 7.47. The zero-order chi connectivity index (χ0) is 44.3. The molecule has 3 unspecified atom stereocenters. The van der Waals surface area contributed by atoms with Gasteiger partial charge in [0.1, 0.15) is 13.2 Å². The summed E-state index contributed by atoms with van der Waals surface area (Å²) in [4.78, 5) is 23.2. The molecule has 0 aromatic carbocycles. The van der Waals surface area contributed by atoms with Crippen LogP contribution in [0.5, 0.6) is 0 Å². The van der Waals surface area contributed by atoms with Gasteiger partial charge in [0.25, 0.3) is 0 Å². The Balaban J connectivity index is 4.28. The van der Waals surface area contributed by atoms with Gasteiger partial charge in [-0.25, -0.2) is 4.57 Å². The molecule has 0 heterocycles. The van der Waals surface area contributed by atoms with Gasteiger partial charge in [-0.2, -0.15) is 0 Å². The number of aliphatic hydroxyl groups excluding tert-OH is 1. The molecular weight excluding hydrogens is 768 g/mol. The Labute approximate surface area is 373 Å². The van der Waals surface area contributed by atoms with Gasteiger partial charge in [0.2, 0.25) is 5.91 Å². The summed E-state index contributed by atoms with van der Waals surface area (Å²) in [6.45, 7) is 4.83. The SMILES string of the molecule is CCCCCCCC/C=C\CCCCCCCC(=O)NC(COP(=O)(O)OCC[N+](C)(C)C)C(O)/C=C/CCCCCCCCCCCCCCCCCCCCCCC. The molecule has 356 valence electrons. The molecule has 0 rings (SSSR count). The average molecular weight is 870 g/mol. The van der Waals surface area contributed by atoms with Gasteiger partial charge < -0.3 is 19.8 Å². The van der Waals surface area contributed by atoms with Crippen LogP contribution in [0.1, 0.15) is 245 Å². The van der Waals surface area contributed by atoms with Crippen LogP contribution in [0.15, 0.2) is 24.3 Å². The fraction of sp³-hybridized carbons (Fsp3) is 0.902. The molecule has 0 aromatic rings. The molecular formula is C51H102N2O6P+. The standard InChI is InChI=1S/C51H101N2O6P/c1-6-8-10-12-14-16-18-20-22-23-24-25-26-27-28-29-31-32-34-36-38-40-42-44-50(54)49(48-59-60(56,57)58-47-46-53(3,4)5)52-51(55)45-43-41-39-37-35-33-30-21-19-17-15-13-11-9-7-2/h21,30,42,44,49-50,54H,6-20,22-29,31-41,43,45-48H2,1-5H3,(H-,52,55,56,57)/p+1/b30-21-,44-42+. The van der Waals surface area contributed by atoms with Crippen LogP contribution < -0.4 is 5.32 Å². The predicted molar refractivity (Wildman–Crippen MR) is 258 cm³/mol. The molecule has 1 amide bonds. The number of amides is 1. The largest absolute Gasteiger partial charge is 0.472 e. The highest BCUT2D eigenvalue weighted by Gasteiger charge is 2.27. The van der Waals surface area contributed by atoms with Gasteiger partial charge in [0, 0.05) is 6.42 Å². The number of hydrogen-bond donors (Lipinski definition) is 3. The van der Waals surface area contributed by atoms with Crippen molar-refractivity contribution in [1.82, 2.24) is 5.32 Å². The van der Waals surface area contributed by atoms with Crippen LogP contribution in [0.2, 0.25) is 0 Å². The summed E-state index contributed by atoms with van der Waals surface area (Å²) in [5.74, 6) is -0.184. The van der Waals surface area contributed by atoms with Gasteiger partial charge in [-0.05, 0) is 44.9 Å². The molecule has 0 saturated carbocycles. The Hall–Kier alpha value is -1.02. The normalized spacial score (nSPS) is 14.3. The predicted octanol–water partition coefficient (Wildman–Crippen LogP) is 14.9. The third-order valence-corrected chi connectivity index (χ3v) is 12.6. The molecule has 0 radical (unpaired) electrons. The third-order valence-electron chi connectivity index (χ3n) is 11.7. The van der Waals surface area contributed by atoms with E-state index < -0.39 is 20.0 Å². The van der Waals surface area contributed by atoms with E-state index >= 15 is 0 Å². The maximum atomic E-state index is 12.9. The van der Waals surface area contributed by atoms with Crippen molar-refractivity contribution in [1.29, 1.82) is 0 Å². The van der Waals surface area contributed by atoms with Gasteiger partial charge >= 0.3 is 7.82 Å². The van der Waals surface area contributed by atoms with Gasteiger partial charge in [-0.1, -0.05) is 218 Å². The number of likely N-dealkylation sites (N-methyl/N-ethyl adjacent to an activating group) is 1. The third kappa shape index (κ3) is 45.0. The molecule has 0 aliphatic heterocycles. The summed E-state index contributed by atoms with van der Waals surface area (Å²) in [5.41, 5.74) is 0. The molecule has 8 nitrogen and oxygen atoms in total. The number of aliphatic hydroxyl groups is 1. The Morgan fingerprint density at radius 1 is 0.550 bits per heavy atom. The molecule has 3 atom stereocenters. The van der Waals surface area contributed by atoms with E-state index in [2.05, 4.69) is 31.3 Å². The Kier molecular flexibility index (Phi) is 42.5. The number of carbonyl (C=O) groups excluding carboxylic acids is 1. The maximum Gasteiger partial charge on any atom is 0.472 e. The van der Waals surface area contributed by atoms with E-state index in [0.717, 1.165) is 51.4 Å². The van der Waals surface area contributed by atoms with Crippen LogP contribution in [-0.2, 0) is 18.4 Å². The van der Waals surface area contributed by atoms with Crippen LogP contribution in [-0.4, -0.2) is 73.4 Å². The van der Waals surface area contributed by atoms with E-state index in [1.807, 2.05) is 27.2 Å². The van der Waals surface area contributed by atoms with E-state index in [1.165, 1.54) is 173 Å². The van der Waals surface area contributed by atoms with Crippen molar-refractivity contribution >= 4 is 13.7 Å².